The normalized spacial score (nSPS) is 23.3. The van der Waals surface area contributed by atoms with E-state index in [0.717, 1.165) is 15.6 Å². The number of piperidine rings is 1. The number of thiophene rings is 1. The number of carbonyl (C=O) groups is 3. The van der Waals surface area contributed by atoms with Crippen molar-refractivity contribution in [3.05, 3.63) is 35.0 Å². The van der Waals surface area contributed by atoms with Crippen molar-refractivity contribution in [2.24, 2.45) is 17.3 Å². The lowest BCUT2D eigenvalue weighted by atomic mass is 10.1. The maximum absolute atomic E-state index is 13.8. The first kappa shape index (κ1) is 30.9. The average Bonchev–Trinajstić information content (AvgIpc) is 3.28. The van der Waals surface area contributed by atoms with Crippen LogP contribution < -0.4 is 5.32 Å². The number of nitrogens with zero attached hydrogens (tertiary/aromatic N) is 4. The van der Waals surface area contributed by atoms with Gasteiger partial charge >= 0.3 is 18.3 Å². The van der Waals surface area contributed by atoms with Crippen molar-refractivity contribution >= 4 is 39.3 Å². The van der Waals surface area contributed by atoms with Crippen LogP contribution in [0.25, 0.3) is 21.5 Å². The van der Waals surface area contributed by atoms with Gasteiger partial charge in [0.05, 0.1) is 53.5 Å². The van der Waals surface area contributed by atoms with E-state index >= 15 is 0 Å². The summed E-state index contributed by atoms with van der Waals surface area (Å²) in [5, 5.41) is 14.6. The van der Waals surface area contributed by atoms with Crippen molar-refractivity contribution < 1.29 is 50.6 Å². The van der Waals surface area contributed by atoms with Crippen LogP contribution in [-0.4, -0.2) is 74.5 Å². The highest BCUT2D eigenvalue weighted by atomic mass is 32.1. The number of imide groups is 1. The molecule has 3 unspecified atom stereocenters. The third-order valence-corrected chi connectivity index (χ3v) is 8.78. The van der Waals surface area contributed by atoms with E-state index in [9.17, 15) is 35.9 Å². The Bertz CT molecular complexity index is 1550. The molecule has 43 heavy (non-hydrogen) atoms. The van der Waals surface area contributed by atoms with E-state index in [-0.39, 0.29) is 47.8 Å². The van der Waals surface area contributed by atoms with Crippen LogP contribution >= 0.6 is 11.3 Å². The zero-order valence-corrected chi connectivity index (χ0v) is 23.4. The van der Waals surface area contributed by atoms with E-state index < -0.39 is 30.1 Å². The Morgan fingerprint density at radius 3 is 2.37 bits per heavy atom. The number of pyridine rings is 1. The number of aromatic nitrogens is 3. The minimum absolute atomic E-state index is 0.0242. The fraction of sp³-hybridized carbons (Fsp3) is 0.500. The van der Waals surface area contributed by atoms with Crippen molar-refractivity contribution in [2.75, 3.05) is 19.7 Å². The van der Waals surface area contributed by atoms with E-state index in [1.54, 1.807) is 12.1 Å². The summed E-state index contributed by atoms with van der Waals surface area (Å²) < 4.78 is 80.5. The van der Waals surface area contributed by atoms with Crippen LogP contribution in [0.1, 0.15) is 24.4 Å². The molecule has 6 rings (SSSR count). The molecule has 2 amide bonds. The van der Waals surface area contributed by atoms with Gasteiger partial charge < -0.3 is 15.2 Å². The molecule has 2 N–H and O–H groups in total. The van der Waals surface area contributed by atoms with Crippen molar-refractivity contribution in [1.29, 1.82) is 0 Å². The molecule has 3 aliphatic rings. The first-order chi connectivity index (χ1) is 20.0. The van der Waals surface area contributed by atoms with Gasteiger partial charge in [-0.25, -0.2) is 4.79 Å². The smallest absolute Gasteiger partial charge is 0.475 e. The molecular formula is C26H25F6N5O5S. The number of amides is 2. The summed E-state index contributed by atoms with van der Waals surface area (Å²) in [5.74, 6) is -3.60. The molecule has 3 atom stereocenters. The monoisotopic (exact) mass is 633 g/mol. The topological polar surface area (TPSA) is 127 Å². The third-order valence-electron chi connectivity index (χ3n) is 7.64. The summed E-state index contributed by atoms with van der Waals surface area (Å²) in [6, 6.07) is 4.47. The molecule has 0 spiro atoms. The number of likely N-dealkylation sites (tertiary alicyclic amines) is 1. The van der Waals surface area contributed by atoms with E-state index in [0.29, 0.717) is 35.5 Å². The number of alkyl halides is 6. The number of ether oxygens (including phenoxy) is 1. The van der Waals surface area contributed by atoms with Gasteiger partial charge in [0.1, 0.15) is 5.69 Å². The number of carboxylic acids is 1. The van der Waals surface area contributed by atoms with Gasteiger partial charge in [-0.2, -0.15) is 31.4 Å². The predicted molar refractivity (Wildman–Crippen MR) is 138 cm³/mol. The summed E-state index contributed by atoms with van der Waals surface area (Å²) in [6.07, 6.45) is -8.55. The minimum Gasteiger partial charge on any atom is -0.475 e. The van der Waals surface area contributed by atoms with Gasteiger partial charge in [-0.05, 0) is 23.6 Å². The maximum Gasteiger partial charge on any atom is 0.490 e. The summed E-state index contributed by atoms with van der Waals surface area (Å²) >= 11 is 1.31. The third kappa shape index (κ3) is 5.97. The number of morpholine rings is 1. The second-order valence-electron chi connectivity index (χ2n) is 10.9. The van der Waals surface area contributed by atoms with Crippen molar-refractivity contribution in [3.63, 3.8) is 0 Å². The molecule has 2 saturated heterocycles. The van der Waals surface area contributed by atoms with Crippen LogP contribution in [0.5, 0.6) is 0 Å². The summed E-state index contributed by atoms with van der Waals surface area (Å²) in [6.45, 7) is 5.51. The van der Waals surface area contributed by atoms with Gasteiger partial charge in [0.2, 0.25) is 11.8 Å². The minimum atomic E-state index is -5.08. The lowest BCUT2D eigenvalue weighted by Gasteiger charge is -2.24. The standard InChI is InChI=1S/C24H24F3N5O3S.C2HF3O2/c1-23(2)18-19(23)22(34)31(21(18)33)11-13-7-16-20(36-13)14(3-4-29-16)15-8-17(24(25,26)27)32(30-15)10-12-9-28-5-6-35-12;3-2(4,5)1(6)7/h3-4,7-8,12,18-19,28H,5-6,9-11H2,1-2H3;(H,6,7). The lowest BCUT2D eigenvalue weighted by molar-refractivity contribution is -0.192. The van der Waals surface area contributed by atoms with Gasteiger partial charge in [0, 0.05) is 29.7 Å². The zero-order chi connectivity index (χ0) is 31.5. The second-order valence-corrected chi connectivity index (χ2v) is 12.1. The van der Waals surface area contributed by atoms with Gasteiger partial charge in [-0.1, -0.05) is 13.8 Å². The van der Waals surface area contributed by atoms with E-state index in [4.69, 9.17) is 14.6 Å². The van der Waals surface area contributed by atoms with Crippen LogP contribution in [0.4, 0.5) is 26.3 Å². The average molecular weight is 634 g/mol. The summed E-state index contributed by atoms with van der Waals surface area (Å²) in [7, 11) is 0. The van der Waals surface area contributed by atoms with Crippen LogP contribution in [0.2, 0.25) is 0 Å². The van der Waals surface area contributed by atoms with E-state index in [2.05, 4.69) is 15.4 Å². The number of carboxylic acid groups (broad SMARTS) is 1. The lowest BCUT2D eigenvalue weighted by Crippen LogP contribution is -2.41. The molecule has 10 nitrogen and oxygen atoms in total. The van der Waals surface area contributed by atoms with E-state index in [1.807, 2.05) is 13.8 Å². The Morgan fingerprint density at radius 1 is 1.16 bits per heavy atom. The highest BCUT2D eigenvalue weighted by molar-refractivity contribution is 7.19. The molecule has 5 heterocycles. The molecule has 3 fully saturated rings. The number of carbonyl (C=O) groups excluding carboxylic acids is 2. The molecule has 0 radical (unpaired) electrons. The van der Waals surface area contributed by atoms with Gasteiger partial charge in [0.15, 0.2) is 0 Å². The SMILES string of the molecule is CC1(C)C2C(=O)N(Cc3cc4nccc(-c5cc(C(F)(F)F)n(CC6CNCCO6)n5)c4s3)C(=O)C21.O=C(O)C(F)(F)F. The highest BCUT2D eigenvalue weighted by Crippen LogP contribution is 2.63. The summed E-state index contributed by atoms with van der Waals surface area (Å²) in [5.41, 5.74) is 0.158. The fourth-order valence-corrected chi connectivity index (χ4v) is 6.55. The number of fused-ring (bicyclic) bond motifs is 2. The zero-order valence-electron chi connectivity index (χ0n) is 22.6. The maximum atomic E-state index is 13.8. The first-order valence-corrected chi connectivity index (χ1v) is 13.8. The number of rotatable bonds is 5. The molecule has 0 aromatic carbocycles. The molecule has 0 bridgehead atoms. The number of halogens is 6. The number of hydrogen-bond acceptors (Lipinski definition) is 8. The number of nitrogens with one attached hydrogen (secondary N) is 1. The van der Waals surface area contributed by atoms with Crippen molar-refractivity contribution in [1.82, 2.24) is 25.0 Å². The molecule has 2 aliphatic heterocycles. The van der Waals surface area contributed by atoms with Crippen molar-refractivity contribution in [2.45, 2.75) is 45.4 Å². The summed E-state index contributed by atoms with van der Waals surface area (Å²) in [4.78, 5) is 40.8. The van der Waals surface area contributed by atoms with Crippen LogP contribution in [0.15, 0.2) is 24.4 Å². The van der Waals surface area contributed by atoms with Gasteiger partial charge in [-0.15, -0.1) is 11.3 Å². The number of aliphatic carboxylic acids is 1. The second kappa shape index (κ2) is 10.9. The fourth-order valence-electron chi connectivity index (χ4n) is 5.43. The van der Waals surface area contributed by atoms with Crippen LogP contribution in [-0.2, 0) is 38.4 Å². The van der Waals surface area contributed by atoms with Gasteiger partial charge in [-0.3, -0.25) is 24.2 Å². The van der Waals surface area contributed by atoms with Crippen molar-refractivity contribution in [3.8, 4) is 11.3 Å². The Kier molecular flexibility index (Phi) is 7.79. The van der Waals surface area contributed by atoms with Gasteiger partial charge in [0.25, 0.3) is 0 Å². The molecule has 1 saturated carbocycles. The molecular weight excluding hydrogens is 608 g/mol. The molecule has 3 aromatic heterocycles. The Hall–Kier alpha value is -3.57. The number of hydrogen-bond donors (Lipinski definition) is 2. The highest BCUT2D eigenvalue weighted by Gasteiger charge is 2.72. The Morgan fingerprint density at radius 2 is 1.81 bits per heavy atom. The predicted octanol–water partition coefficient (Wildman–Crippen LogP) is 3.94. The molecule has 232 valence electrons. The molecule has 1 aliphatic carbocycles. The largest absolute Gasteiger partial charge is 0.490 e. The van der Waals surface area contributed by atoms with Crippen LogP contribution in [0, 0.1) is 17.3 Å². The molecule has 17 heteroatoms. The Balaban J connectivity index is 0.000000472. The first-order valence-electron chi connectivity index (χ1n) is 13.0. The molecule has 3 aromatic rings. The Labute approximate surface area is 243 Å². The van der Waals surface area contributed by atoms with E-state index in [1.165, 1.54) is 22.4 Å². The quantitative estimate of drug-likeness (QED) is 0.320. The van der Waals surface area contributed by atoms with Crippen LogP contribution in [0.3, 0.4) is 0 Å².